The summed E-state index contributed by atoms with van der Waals surface area (Å²) in [5, 5.41) is 0. The van der Waals surface area contributed by atoms with Crippen LogP contribution in [0.25, 0.3) is 0 Å². The van der Waals surface area contributed by atoms with Crippen LogP contribution in [0.1, 0.15) is 38.2 Å². The first-order chi connectivity index (χ1) is 10.3. The molecule has 0 radical (unpaired) electrons. The van der Waals surface area contributed by atoms with Crippen LogP contribution >= 0.6 is 0 Å². The predicted molar refractivity (Wildman–Crippen MR) is 85.2 cm³/mol. The third-order valence-electron chi connectivity index (χ3n) is 4.19. The van der Waals surface area contributed by atoms with Crippen LogP contribution in [-0.2, 0) is 16.0 Å². The van der Waals surface area contributed by atoms with E-state index < -0.39 is 0 Å². The van der Waals surface area contributed by atoms with E-state index in [1.165, 1.54) is 18.4 Å². The molecule has 116 valence electrons. The van der Waals surface area contributed by atoms with E-state index in [1.807, 2.05) is 0 Å². The standard InChI is InChI=1S/C18H27NO2/c1-2-3-13-21-18(20)15-19-11-9-17(10-12-19)14-16-7-5-4-6-8-16/h4-8,17H,2-3,9-15H2,1H3. The van der Waals surface area contributed by atoms with Gasteiger partial charge in [-0.25, -0.2) is 0 Å². The molecule has 21 heavy (non-hydrogen) atoms. The molecule has 0 spiro atoms. The van der Waals surface area contributed by atoms with Gasteiger partial charge in [0.15, 0.2) is 0 Å². The van der Waals surface area contributed by atoms with E-state index in [0.29, 0.717) is 13.2 Å². The van der Waals surface area contributed by atoms with Crippen LogP contribution in [0.4, 0.5) is 0 Å². The Hall–Kier alpha value is -1.35. The van der Waals surface area contributed by atoms with Gasteiger partial charge < -0.3 is 4.74 Å². The Balaban J connectivity index is 1.65. The largest absolute Gasteiger partial charge is 0.465 e. The molecule has 0 amide bonds. The van der Waals surface area contributed by atoms with Crippen molar-refractivity contribution < 1.29 is 9.53 Å². The van der Waals surface area contributed by atoms with Crippen molar-refractivity contribution >= 4 is 5.97 Å². The molecule has 0 saturated carbocycles. The van der Waals surface area contributed by atoms with Crippen molar-refractivity contribution in [1.82, 2.24) is 4.90 Å². The number of carbonyl (C=O) groups is 1. The topological polar surface area (TPSA) is 29.5 Å². The lowest BCUT2D eigenvalue weighted by molar-refractivity contribution is -0.145. The Morgan fingerprint density at radius 3 is 2.62 bits per heavy atom. The average Bonchev–Trinajstić information content (AvgIpc) is 2.51. The average molecular weight is 289 g/mol. The molecule has 0 aliphatic carbocycles. The number of esters is 1. The second-order valence-electron chi connectivity index (χ2n) is 5.98. The number of unbranched alkanes of at least 4 members (excludes halogenated alkanes) is 1. The summed E-state index contributed by atoms with van der Waals surface area (Å²) in [6.07, 6.45) is 5.55. The minimum absolute atomic E-state index is 0.0649. The molecule has 1 aliphatic rings. The van der Waals surface area contributed by atoms with Gasteiger partial charge in [-0.1, -0.05) is 43.7 Å². The summed E-state index contributed by atoms with van der Waals surface area (Å²) in [6.45, 7) is 5.16. The van der Waals surface area contributed by atoms with Crippen LogP contribution in [-0.4, -0.2) is 37.1 Å². The summed E-state index contributed by atoms with van der Waals surface area (Å²) in [6, 6.07) is 10.7. The van der Waals surface area contributed by atoms with E-state index in [-0.39, 0.29) is 5.97 Å². The highest BCUT2D eigenvalue weighted by Crippen LogP contribution is 2.21. The lowest BCUT2D eigenvalue weighted by atomic mass is 9.90. The van der Waals surface area contributed by atoms with Crippen LogP contribution in [0.15, 0.2) is 30.3 Å². The first-order valence-corrected chi connectivity index (χ1v) is 8.20. The van der Waals surface area contributed by atoms with Gasteiger partial charge in [0.2, 0.25) is 0 Å². The maximum Gasteiger partial charge on any atom is 0.320 e. The van der Waals surface area contributed by atoms with Crippen molar-refractivity contribution in [2.75, 3.05) is 26.2 Å². The Bertz CT molecular complexity index is 410. The number of ether oxygens (including phenoxy) is 1. The summed E-state index contributed by atoms with van der Waals surface area (Å²) >= 11 is 0. The number of nitrogens with zero attached hydrogens (tertiary/aromatic N) is 1. The maximum absolute atomic E-state index is 11.7. The fourth-order valence-corrected chi connectivity index (χ4v) is 2.85. The molecule has 0 unspecified atom stereocenters. The van der Waals surface area contributed by atoms with Gasteiger partial charge in [-0.15, -0.1) is 0 Å². The zero-order valence-corrected chi connectivity index (χ0v) is 13.1. The van der Waals surface area contributed by atoms with Crippen LogP contribution in [0, 0.1) is 5.92 Å². The second-order valence-corrected chi connectivity index (χ2v) is 5.98. The molecule has 1 heterocycles. The molecule has 0 bridgehead atoms. The maximum atomic E-state index is 11.7. The lowest BCUT2D eigenvalue weighted by Gasteiger charge is -2.31. The summed E-state index contributed by atoms with van der Waals surface area (Å²) in [5.74, 6) is 0.685. The second kappa shape index (κ2) is 8.83. The Kier molecular flexibility index (Phi) is 6.74. The summed E-state index contributed by atoms with van der Waals surface area (Å²) < 4.78 is 5.23. The van der Waals surface area contributed by atoms with Gasteiger partial charge in [0.1, 0.15) is 0 Å². The molecule has 1 fully saturated rings. The molecular weight excluding hydrogens is 262 g/mol. The van der Waals surface area contributed by atoms with E-state index in [2.05, 4.69) is 42.2 Å². The third kappa shape index (κ3) is 5.88. The van der Waals surface area contributed by atoms with E-state index in [0.717, 1.165) is 38.3 Å². The number of benzene rings is 1. The minimum Gasteiger partial charge on any atom is -0.465 e. The number of likely N-dealkylation sites (tertiary alicyclic amines) is 1. The molecule has 1 saturated heterocycles. The summed E-state index contributed by atoms with van der Waals surface area (Å²) in [5.41, 5.74) is 1.43. The molecule has 3 nitrogen and oxygen atoms in total. The highest BCUT2D eigenvalue weighted by molar-refractivity contribution is 5.71. The van der Waals surface area contributed by atoms with Crippen LogP contribution < -0.4 is 0 Å². The van der Waals surface area contributed by atoms with Crippen molar-refractivity contribution in [2.45, 2.75) is 39.0 Å². The van der Waals surface area contributed by atoms with Gasteiger partial charge in [-0.2, -0.15) is 0 Å². The van der Waals surface area contributed by atoms with E-state index in [1.54, 1.807) is 0 Å². The fourth-order valence-electron chi connectivity index (χ4n) is 2.85. The summed E-state index contributed by atoms with van der Waals surface area (Å²) in [4.78, 5) is 13.9. The van der Waals surface area contributed by atoms with E-state index in [9.17, 15) is 4.79 Å². The molecule has 0 atom stereocenters. The normalized spacial score (nSPS) is 16.8. The fraction of sp³-hybridized carbons (Fsp3) is 0.611. The molecule has 1 aliphatic heterocycles. The molecule has 1 aromatic rings. The van der Waals surface area contributed by atoms with E-state index in [4.69, 9.17) is 4.74 Å². The van der Waals surface area contributed by atoms with Gasteiger partial charge in [0, 0.05) is 0 Å². The van der Waals surface area contributed by atoms with E-state index >= 15 is 0 Å². The number of hydrogen-bond acceptors (Lipinski definition) is 3. The first kappa shape index (κ1) is 16.0. The summed E-state index contributed by atoms with van der Waals surface area (Å²) in [7, 11) is 0. The Morgan fingerprint density at radius 2 is 1.95 bits per heavy atom. The van der Waals surface area contributed by atoms with Crippen LogP contribution in [0.5, 0.6) is 0 Å². The Labute approximate surface area is 128 Å². The van der Waals surface area contributed by atoms with Crippen molar-refractivity contribution in [3.8, 4) is 0 Å². The van der Waals surface area contributed by atoms with Gasteiger partial charge in [-0.05, 0) is 50.3 Å². The molecule has 1 aromatic carbocycles. The first-order valence-electron chi connectivity index (χ1n) is 8.20. The van der Waals surface area contributed by atoms with Gasteiger partial charge in [-0.3, -0.25) is 9.69 Å². The number of hydrogen-bond donors (Lipinski definition) is 0. The van der Waals surface area contributed by atoms with Crippen LogP contribution in [0.3, 0.4) is 0 Å². The van der Waals surface area contributed by atoms with Crippen molar-refractivity contribution in [1.29, 1.82) is 0 Å². The van der Waals surface area contributed by atoms with Gasteiger partial charge >= 0.3 is 5.97 Å². The number of rotatable bonds is 7. The van der Waals surface area contributed by atoms with Gasteiger partial charge in [0.25, 0.3) is 0 Å². The molecule has 0 N–H and O–H groups in total. The number of carbonyl (C=O) groups excluding carboxylic acids is 1. The Morgan fingerprint density at radius 1 is 1.24 bits per heavy atom. The minimum atomic E-state index is -0.0649. The van der Waals surface area contributed by atoms with Crippen molar-refractivity contribution in [3.63, 3.8) is 0 Å². The highest BCUT2D eigenvalue weighted by Gasteiger charge is 2.21. The van der Waals surface area contributed by atoms with Crippen LogP contribution in [0.2, 0.25) is 0 Å². The smallest absolute Gasteiger partial charge is 0.320 e. The zero-order valence-electron chi connectivity index (χ0n) is 13.1. The van der Waals surface area contributed by atoms with Crippen molar-refractivity contribution in [2.24, 2.45) is 5.92 Å². The SMILES string of the molecule is CCCCOC(=O)CN1CCC(Cc2ccccc2)CC1. The van der Waals surface area contributed by atoms with Gasteiger partial charge in [0.05, 0.1) is 13.2 Å². The lowest BCUT2D eigenvalue weighted by Crippen LogP contribution is -2.38. The number of piperidine rings is 1. The quantitative estimate of drug-likeness (QED) is 0.570. The molecular formula is C18H27NO2. The predicted octanol–water partition coefficient (Wildman–Crippen LogP) is 3.28. The third-order valence-corrected chi connectivity index (χ3v) is 4.19. The molecule has 3 heteroatoms. The molecule has 2 rings (SSSR count). The monoisotopic (exact) mass is 289 g/mol. The molecule has 0 aromatic heterocycles. The van der Waals surface area contributed by atoms with Crippen molar-refractivity contribution in [3.05, 3.63) is 35.9 Å². The zero-order chi connectivity index (χ0) is 14.9. The highest BCUT2D eigenvalue weighted by atomic mass is 16.5.